The summed E-state index contributed by atoms with van der Waals surface area (Å²) >= 11 is 0. The lowest BCUT2D eigenvalue weighted by Crippen LogP contribution is -1.98. The van der Waals surface area contributed by atoms with Crippen LogP contribution >= 0.6 is 0 Å². The molecule has 0 bridgehead atoms. The van der Waals surface area contributed by atoms with E-state index in [1.807, 2.05) is 0 Å². The van der Waals surface area contributed by atoms with Gasteiger partial charge in [0.25, 0.3) is 0 Å². The van der Waals surface area contributed by atoms with Crippen LogP contribution in [0.3, 0.4) is 0 Å². The van der Waals surface area contributed by atoms with Gasteiger partial charge in [-0.25, -0.2) is 0 Å². The number of hydrogen-bond acceptors (Lipinski definition) is 1. The normalized spacial score (nSPS) is 21.0. The maximum absolute atomic E-state index is 5.22. The lowest BCUT2D eigenvalue weighted by Gasteiger charge is -2.06. The second-order valence-electron chi connectivity index (χ2n) is 3.53. The summed E-state index contributed by atoms with van der Waals surface area (Å²) in [7, 11) is 0. The summed E-state index contributed by atoms with van der Waals surface area (Å²) in [5, 5.41) is 0. The largest absolute Gasteiger partial charge is 0.373 e. The Kier molecular flexibility index (Phi) is 1.89. The Morgan fingerprint density at radius 3 is 2.42 bits per heavy atom. The molecule has 1 unspecified atom stereocenters. The molecule has 0 spiro atoms. The molecule has 64 valence electrons. The zero-order valence-corrected chi connectivity index (χ0v) is 7.63. The highest BCUT2D eigenvalue weighted by Gasteiger charge is 2.23. The van der Waals surface area contributed by atoms with Crippen molar-refractivity contribution in [1.29, 1.82) is 0 Å². The van der Waals surface area contributed by atoms with E-state index in [9.17, 15) is 0 Å². The molecule has 0 N–H and O–H groups in total. The molecule has 1 aliphatic rings. The van der Waals surface area contributed by atoms with Gasteiger partial charge in [-0.2, -0.15) is 0 Å². The summed E-state index contributed by atoms with van der Waals surface area (Å²) in [6, 6.07) is 6.46. The third kappa shape index (κ3) is 1.51. The van der Waals surface area contributed by atoms with Crippen LogP contribution in [-0.4, -0.2) is 12.7 Å². The molecular formula is C11H14O. The van der Waals surface area contributed by atoms with Crippen molar-refractivity contribution in [2.45, 2.75) is 26.4 Å². The van der Waals surface area contributed by atoms with Crippen molar-refractivity contribution in [2.24, 2.45) is 0 Å². The molecule has 1 heterocycles. The lowest BCUT2D eigenvalue weighted by atomic mass is 9.99. The Labute approximate surface area is 73.4 Å². The molecule has 1 nitrogen and oxygen atoms in total. The standard InChI is InChI=1S/C11H14O/c1-8-4-3-5-9(2)11(8)6-10-7-12-10/h3-5,10H,6-7H2,1-2H3. The fraction of sp³-hybridized carbons (Fsp3) is 0.455. The lowest BCUT2D eigenvalue weighted by molar-refractivity contribution is 0.407. The molecule has 1 saturated heterocycles. The minimum Gasteiger partial charge on any atom is -0.373 e. The SMILES string of the molecule is Cc1cccc(C)c1CC1CO1. The maximum Gasteiger partial charge on any atom is 0.0850 e. The molecule has 1 fully saturated rings. The highest BCUT2D eigenvalue weighted by Crippen LogP contribution is 2.21. The van der Waals surface area contributed by atoms with Crippen molar-refractivity contribution in [3.63, 3.8) is 0 Å². The van der Waals surface area contributed by atoms with Crippen molar-refractivity contribution in [2.75, 3.05) is 6.61 Å². The summed E-state index contributed by atoms with van der Waals surface area (Å²) in [6.45, 7) is 5.29. The van der Waals surface area contributed by atoms with Gasteiger partial charge in [-0.3, -0.25) is 0 Å². The molecule has 0 aromatic heterocycles. The minimum atomic E-state index is 0.504. The summed E-state index contributed by atoms with van der Waals surface area (Å²) in [4.78, 5) is 0. The average molecular weight is 162 g/mol. The Morgan fingerprint density at radius 1 is 1.33 bits per heavy atom. The van der Waals surface area contributed by atoms with Gasteiger partial charge in [0.1, 0.15) is 0 Å². The Balaban J connectivity index is 2.26. The summed E-state index contributed by atoms with van der Waals surface area (Å²) < 4.78 is 5.22. The van der Waals surface area contributed by atoms with Gasteiger partial charge in [0.2, 0.25) is 0 Å². The molecule has 0 radical (unpaired) electrons. The van der Waals surface area contributed by atoms with Crippen LogP contribution in [0, 0.1) is 13.8 Å². The van der Waals surface area contributed by atoms with Crippen molar-refractivity contribution < 1.29 is 4.74 Å². The first kappa shape index (κ1) is 7.81. The molecule has 0 saturated carbocycles. The van der Waals surface area contributed by atoms with E-state index in [-0.39, 0.29) is 0 Å². The number of epoxide rings is 1. The Bertz CT molecular complexity index is 267. The molecule has 0 aliphatic carbocycles. The van der Waals surface area contributed by atoms with Crippen LogP contribution in [0.5, 0.6) is 0 Å². The summed E-state index contributed by atoms with van der Waals surface area (Å²) in [5.74, 6) is 0. The average Bonchev–Trinajstić information content (AvgIpc) is 2.80. The topological polar surface area (TPSA) is 12.5 Å². The van der Waals surface area contributed by atoms with Crippen molar-refractivity contribution in [3.8, 4) is 0 Å². The Morgan fingerprint density at radius 2 is 1.92 bits per heavy atom. The van der Waals surface area contributed by atoms with Gasteiger partial charge in [-0.1, -0.05) is 18.2 Å². The summed E-state index contributed by atoms with van der Waals surface area (Å²) in [5.41, 5.74) is 4.26. The molecular weight excluding hydrogens is 148 g/mol. The first-order valence-electron chi connectivity index (χ1n) is 4.44. The number of benzene rings is 1. The fourth-order valence-corrected chi connectivity index (χ4v) is 1.58. The van der Waals surface area contributed by atoms with Crippen molar-refractivity contribution >= 4 is 0 Å². The van der Waals surface area contributed by atoms with Gasteiger partial charge in [0, 0.05) is 6.42 Å². The highest BCUT2D eigenvalue weighted by atomic mass is 16.6. The number of ether oxygens (including phenoxy) is 1. The van der Waals surface area contributed by atoms with E-state index < -0.39 is 0 Å². The third-order valence-corrected chi connectivity index (χ3v) is 2.48. The monoisotopic (exact) mass is 162 g/mol. The van der Waals surface area contributed by atoms with Gasteiger partial charge in [-0.15, -0.1) is 0 Å². The quantitative estimate of drug-likeness (QED) is 0.607. The zero-order valence-electron chi connectivity index (χ0n) is 7.63. The van der Waals surface area contributed by atoms with Gasteiger partial charge < -0.3 is 4.74 Å². The first-order chi connectivity index (χ1) is 5.77. The second-order valence-corrected chi connectivity index (χ2v) is 3.53. The minimum absolute atomic E-state index is 0.504. The Hall–Kier alpha value is -0.820. The van der Waals surface area contributed by atoms with Crippen LogP contribution in [0.4, 0.5) is 0 Å². The van der Waals surface area contributed by atoms with E-state index in [4.69, 9.17) is 4.74 Å². The van der Waals surface area contributed by atoms with Gasteiger partial charge in [0.15, 0.2) is 0 Å². The first-order valence-corrected chi connectivity index (χ1v) is 4.44. The molecule has 1 heteroatoms. The van der Waals surface area contributed by atoms with E-state index >= 15 is 0 Å². The third-order valence-electron chi connectivity index (χ3n) is 2.48. The highest BCUT2D eigenvalue weighted by molar-refractivity contribution is 5.34. The van der Waals surface area contributed by atoms with Crippen molar-refractivity contribution in [1.82, 2.24) is 0 Å². The molecule has 12 heavy (non-hydrogen) atoms. The van der Waals surface area contributed by atoms with E-state index in [1.54, 1.807) is 0 Å². The van der Waals surface area contributed by atoms with Gasteiger partial charge in [-0.05, 0) is 30.5 Å². The van der Waals surface area contributed by atoms with E-state index in [0.717, 1.165) is 13.0 Å². The molecule has 1 aliphatic heterocycles. The molecule has 1 aromatic carbocycles. The van der Waals surface area contributed by atoms with E-state index in [2.05, 4.69) is 32.0 Å². The van der Waals surface area contributed by atoms with Crippen LogP contribution in [-0.2, 0) is 11.2 Å². The van der Waals surface area contributed by atoms with Crippen LogP contribution in [0.2, 0.25) is 0 Å². The maximum atomic E-state index is 5.22. The number of aryl methyl sites for hydroxylation is 2. The van der Waals surface area contributed by atoms with Crippen LogP contribution in [0.1, 0.15) is 16.7 Å². The molecule has 1 aromatic rings. The predicted octanol–water partition coefficient (Wildman–Crippen LogP) is 2.24. The zero-order chi connectivity index (χ0) is 8.55. The fourth-order valence-electron chi connectivity index (χ4n) is 1.58. The van der Waals surface area contributed by atoms with Crippen molar-refractivity contribution in [3.05, 3.63) is 34.9 Å². The number of hydrogen-bond donors (Lipinski definition) is 0. The molecule has 1 atom stereocenters. The summed E-state index contributed by atoms with van der Waals surface area (Å²) in [6.07, 6.45) is 1.60. The predicted molar refractivity (Wildman–Crippen MR) is 49.4 cm³/mol. The molecule has 2 rings (SSSR count). The number of rotatable bonds is 2. The molecule has 0 amide bonds. The van der Waals surface area contributed by atoms with Gasteiger partial charge >= 0.3 is 0 Å². The van der Waals surface area contributed by atoms with Crippen LogP contribution in [0.15, 0.2) is 18.2 Å². The van der Waals surface area contributed by atoms with Crippen LogP contribution in [0.25, 0.3) is 0 Å². The second kappa shape index (κ2) is 2.91. The van der Waals surface area contributed by atoms with Crippen LogP contribution < -0.4 is 0 Å². The van der Waals surface area contributed by atoms with E-state index in [0.29, 0.717) is 6.10 Å². The van der Waals surface area contributed by atoms with E-state index in [1.165, 1.54) is 16.7 Å². The van der Waals surface area contributed by atoms with Gasteiger partial charge in [0.05, 0.1) is 12.7 Å². The smallest absolute Gasteiger partial charge is 0.0850 e.